The van der Waals surface area contributed by atoms with E-state index in [4.69, 9.17) is 27.9 Å². The van der Waals surface area contributed by atoms with Crippen molar-refractivity contribution in [2.45, 2.75) is 20.3 Å². The molecular formula is C14H17Cl2NO2. The number of benzene rings is 1. The molecule has 1 aromatic carbocycles. The van der Waals surface area contributed by atoms with Gasteiger partial charge in [-0.05, 0) is 25.1 Å². The molecule has 3 nitrogen and oxygen atoms in total. The van der Waals surface area contributed by atoms with Crippen LogP contribution in [0.4, 0.5) is 0 Å². The second kappa shape index (κ2) is 7.41. The molecule has 0 heterocycles. The number of carbonyl (C=O) groups is 1. The maximum absolute atomic E-state index is 11.9. The summed E-state index contributed by atoms with van der Waals surface area (Å²) >= 11 is 11.8. The van der Waals surface area contributed by atoms with Crippen LogP contribution in [0.25, 0.3) is 0 Å². The summed E-state index contributed by atoms with van der Waals surface area (Å²) in [6.07, 6.45) is 2.05. The number of nitrogens with zero attached hydrogens (tertiary/aromatic N) is 1. The zero-order chi connectivity index (χ0) is 14.4. The van der Waals surface area contributed by atoms with E-state index < -0.39 is 0 Å². The fourth-order valence-electron chi connectivity index (χ4n) is 1.34. The van der Waals surface area contributed by atoms with Gasteiger partial charge < -0.3 is 9.64 Å². The molecule has 0 saturated carbocycles. The Labute approximate surface area is 123 Å². The van der Waals surface area contributed by atoms with Crippen LogP contribution in [0.15, 0.2) is 30.2 Å². The normalized spacial score (nSPS) is 11.3. The molecule has 0 bridgehead atoms. The van der Waals surface area contributed by atoms with Crippen molar-refractivity contribution in [3.8, 4) is 5.75 Å². The van der Waals surface area contributed by atoms with Crippen molar-refractivity contribution in [3.05, 3.63) is 40.2 Å². The summed E-state index contributed by atoms with van der Waals surface area (Å²) in [6, 6.07) is 4.85. The first-order valence-electron chi connectivity index (χ1n) is 6.05. The minimum Gasteiger partial charge on any atom is -0.452 e. The van der Waals surface area contributed by atoms with Crippen LogP contribution in [0.3, 0.4) is 0 Å². The van der Waals surface area contributed by atoms with Gasteiger partial charge in [0.05, 0.1) is 0 Å². The molecule has 19 heavy (non-hydrogen) atoms. The predicted octanol–water partition coefficient (Wildman–Crippen LogP) is 4.14. The van der Waals surface area contributed by atoms with Crippen molar-refractivity contribution >= 4 is 29.0 Å². The van der Waals surface area contributed by atoms with Gasteiger partial charge >= 0.3 is 0 Å². The summed E-state index contributed by atoms with van der Waals surface area (Å²) < 4.78 is 5.60. The third-order valence-corrected chi connectivity index (χ3v) is 2.93. The minimum absolute atomic E-state index is 0.0728. The number of rotatable bonds is 6. The Kier molecular flexibility index (Phi) is 6.19. The average molecular weight is 302 g/mol. The van der Waals surface area contributed by atoms with Gasteiger partial charge in [-0.15, -0.1) is 0 Å². The van der Waals surface area contributed by atoms with Crippen LogP contribution in [-0.2, 0) is 4.79 Å². The van der Waals surface area contributed by atoms with E-state index in [1.807, 2.05) is 18.9 Å². The fourth-order valence-corrected chi connectivity index (χ4v) is 1.84. The smallest absolute Gasteiger partial charge is 0.199 e. The molecule has 0 aromatic heterocycles. The van der Waals surface area contributed by atoms with Crippen molar-refractivity contribution in [1.29, 1.82) is 0 Å². The second-order valence-corrected chi connectivity index (χ2v) is 4.92. The topological polar surface area (TPSA) is 29.5 Å². The Morgan fingerprint density at radius 1 is 1.26 bits per heavy atom. The fraction of sp³-hybridized carbons (Fsp3) is 0.357. The number of hydrogen-bond acceptors (Lipinski definition) is 3. The van der Waals surface area contributed by atoms with E-state index >= 15 is 0 Å². The van der Waals surface area contributed by atoms with Gasteiger partial charge in [-0.1, -0.05) is 30.1 Å². The summed E-state index contributed by atoms with van der Waals surface area (Å²) in [7, 11) is 1.87. The number of ether oxygens (including phenoxy) is 1. The summed E-state index contributed by atoms with van der Waals surface area (Å²) in [6.45, 7) is 4.55. The molecule has 5 heteroatoms. The molecular weight excluding hydrogens is 285 g/mol. The summed E-state index contributed by atoms with van der Waals surface area (Å²) in [5.41, 5.74) is 0. The Bertz CT molecular complexity index is 466. The van der Waals surface area contributed by atoms with Crippen LogP contribution in [0.1, 0.15) is 20.3 Å². The molecule has 0 amide bonds. The maximum Gasteiger partial charge on any atom is 0.199 e. The third-order valence-electron chi connectivity index (χ3n) is 2.50. The van der Waals surface area contributed by atoms with Crippen molar-refractivity contribution in [2.24, 2.45) is 0 Å². The van der Waals surface area contributed by atoms with E-state index in [-0.39, 0.29) is 11.5 Å². The Hall–Kier alpha value is -1.19. The Balaban J connectivity index is 3.00. The van der Waals surface area contributed by atoms with Crippen LogP contribution < -0.4 is 4.74 Å². The maximum atomic E-state index is 11.9. The van der Waals surface area contributed by atoms with Crippen LogP contribution in [0.2, 0.25) is 10.0 Å². The zero-order valence-electron chi connectivity index (χ0n) is 11.2. The molecule has 0 unspecified atom stereocenters. The number of Topliss-reactive ketones (excluding diaryl/α,β-unsaturated/α-hetero) is 1. The van der Waals surface area contributed by atoms with Crippen molar-refractivity contribution < 1.29 is 9.53 Å². The first kappa shape index (κ1) is 15.9. The predicted molar refractivity (Wildman–Crippen MR) is 78.8 cm³/mol. The SMILES string of the molecule is CCC(=O)C(=CN(C)CC)Oc1cc(Cl)cc(Cl)c1. The van der Waals surface area contributed by atoms with E-state index in [0.29, 0.717) is 22.2 Å². The first-order valence-corrected chi connectivity index (χ1v) is 6.81. The van der Waals surface area contributed by atoms with Gasteiger partial charge in [0.25, 0.3) is 0 Å². The number of hydrogen-bond donors (Lipinski definition) is 0. The van der Waals surface area contributed by atoms with Gasteiger partial charge in [-0.25, -0.2) is 0 Å². The lowest BCUT2D eigenvalue weighted by atomic mass is 10.2. The molecule has 0 fully saturated rings. The highest BCUT2D eigenvalue weighted by atomic mass is 35.5. The van der Waals surface area contributed by atoms with Crippen LogP contribution >= 0.6 is 23.2 Å². The highest BCUT2D eigenvalue weighted by molar-refractivity contribution is 6.34. The summed E-state index contributed by atoms with van der Waals surface area (Å²) in [5, 5.41) is 0.935. The number of halogens is 2. The van der Waals surface area contributed by atoms with E-state index in [1.165, 1.54) is 0 Å². The largest absolute Gasteiger partial charge is 0.452 e. The molecule has 1 aromatic rings. The van der Waals surface area contributed by atoms with Crippen molar-refractivity contribution in [3.63, 3.8) is 0 Å². The molecule has 0 radical (unpaired) electrons. The van der Waals surface area contributed by atoms with Gasteiger partial charge in [-0.2, -0.15) is 0 Å². The lowest BCUT2D eigenvalue weighted by Gasteiger charge is -2.14. The number of carbonyl (C=O) groups excluding carboxylic acids is 1. The van der Waals surface area contributed by atoms with E-state index in [2.05, 4.69) is 0 Å². The Morgan fingerprint density at radius 3 is 2.32 bits per heavy atom. The second-order valence-electron chi connectivity index (χ2n) is 4.05. The number of allylic oxidation sites excluding steroid dienone is 1. The van der Waals surface area contributed by atoms with Crippen LogP contribution in [-0.4, -0.2) is 24.3 Å². The highest BCUT2D eigenvalue weighted by Crippen LogP contribution is 2.26. The first-order chi connectivity index (χ1) is 8.96. The highest BCUT2D eigenvalue weighted by Gasteiger charge is 2.12. The van der Waals surface area contributed by atoms with E-state index in [1.54, 1.807) is 31.3 Å². The molecule has 0 spiro atoms. The lowest BCUT2D eigenvalue weighted by Crippen LogP contribution is -2.16. The third kappa shape index (κ3) is 5.13. The molecule has 1 rings (SSSR count). The molecule has 0 atom stereocenters. The van der Waals surface area contributed by atoms with Gasteiger partial charge in [0.1, 0.15) is 5.75 Å². The standard InChI is InChI=1S/C14H17Cl2NO2/c1-4-13(18)14(9-17(3)5-2)19-12-7-10(15)6-11(16)8-12/h6-9H,4-5H2,1-3H3. The van der Waals surface area contributed by atoms with Crippen molar-refractivity contribution in [1.82, 2.24) is 4.90 Å². The average Bonchev–Trinajstić information content (AvgIpc) is 2.35. The van der Waals surface area contributed by atoms with Crippen molar-refractivity contribution in [2.75, 3.05) is 13.6 Å². The van der Waals surface area contributed by atoms with Crippen LogP contribution in [0.5, 0.6) is 5.75 Å². The quantitative estimate of drug-likeness (QED) is 0.584. The molecule has 0 aliphatic rings. The monoisotopic (exact) mass is 301 g/mol. The molecule has 0 aliphatic carbocycles. The number of ketones is 1. The van der Waals surface area contributed by atoms with Gasteiger partial charge in [0.2, 0.25) is 0 Å². The molecule has 104 valence electrons. The minimum atomic E-state index is -0.0728. The molecule has 0 aliphatic heterocycles. The van der Waals surface area contributed by atoms with Gasteiger partial charge in [-0.3, -0.25) is 4.79 Å². The molecule has 0 N–H and O–H groups in total. The van der Waals surface area contributed by atoms with Crippen LogP contribution in [0, 0.1) is 0 Å². The van der Waals surface area contributed by atoms with Gasteiger partial charge in [0, 0.05) is 36.3 Å². The summed E-state index contributed by atoms with van der Waals surface area (Å²) in [4.78, 5) is 13.7. The zero-order valence-corrected chi connectivity index (χ0v) is 12.8. The van der Waals surface area contributed by atoms with Gasteiger partial charge in [0.15, 0.2) is 11.5 Å². The van der Waals surface area contributed by atoms with E-state index in [0.717, 1.165) is 6.54 Å². The lowest BCUT2D eigenvalue weighted by molar-refractivity contribution is -0.117. The van der Waals surface area contributed by atoms with E-state index in [9.17, 15) is 4.79 Å². The summed E-state index contributed by atoms with van der Waals surface area (Å²) in [5.74, 6) is 0.664. The molecule has 0 saturated heterocycles. The Morgan fingerprint density at radius 2 is 1.84 bits per heavy atom.